The van der Waals surface area contributed by atoms with Crippen molar-refractivity contribution in [2.75, 3.05) is 25.0 Å². The van der Waals surface area contributed by atoms with E-state index in [1.54, 1.807) is 6.92 Å². The van der Waals surface area contributed by atoms with E-state index in [0.717, 1.165) is 24.3 Å². The Morgan fingerprint density at radius 3 is 2.38 bits per heavy atom. The van der Waals surface area contributed by atoms with Crippen molar-refractivity contribution in [3.63, 3.8) is 0 Å². The van der Waals surface area contributed by atoms with E-state index in [4.69, 9.17) is 4.74 Å². The number of carbonyl (C=O) groups is 1. The van der Waals surface area contributed by atoms with Gasteiger partial charge in [0.1, 0.15) is 5.75 Å². The fourth-order valence-electron chi connectivity index (χ4n) is 2.79. The molecule has 1 N–H and O–H groups in total. The van der Waals surface area contributed by atoms with Gasteiger partial charge in [0.05, 0.1) is 0 Å². The van der Waals surface area contributed by atoms with Crippen molar-refractivity contribution < 1.29 is 9.53 Å². The molecule has 0 saturated heterocycles. The van der Waals surface area contributed by atoms with Crippen LogP contribution in [0, 0.1) is 0 Å². The molecule has 0 radical (unpaired) electrons. The second-order valence-electron chi connectivity index (χ2n) is 6.85. The Morgan fingerprint density at radius 1 is 1.04 bits per heavy atom. The van der Waals surface area contributed by atoms with Crippen LogP contribution in [0.2, 0.25) is 0 Å². The summed E-state index contributed by atoms with van der Waals surface area (Å²) in [4.78, 5) is 14.5. The van der Waals surface area contributed by atoms with Gasteiger partial charge in [-0.3, -0.25) is 4.79 Å². The van der Waals surface area contributed by atoms with Crippen LogP contribution in [0.5, 0.6) is 5.75 Å². The predicted molar refractivity (Wildman–Crippen MR) is 108 cm³/mol. The van der Waals surface area contributed by atoms with Crippen LogP contribution >= 0.6 is 0 Å². The Balaban J connectivity index is 1.76. The smallest absolute Gasteiger partial charge is 0.260 e. The molecule has 0 fully saturated rings. The number of anilines is 1. The first-order valence-corrected chi connectivity index (χ1v) is 9.28. The molecule has 0 unspecified atom stereocenters. The number of carbonyl (C=O) groups excluding carboxylic acids is 1. The Bertz CT molecular complexity index is 686. The number of rotatable bonds is 9. The van der Waals surface area contributed by atoms with Crippen LogP contribution in [0.4, 0.5) is 5.69 Å². The molecule has 0 spiro atoms. The number of ether oxygens (including phenoxy) is 1. The summed E-state index contributed by atoms with van der Waals surface area (Å²) in [5.41, 5.74) is 2.30. The average molecular weight is 354 g/mol. The molecule has 1 amide bonds. The summed E-state index contributed by atoms with van der Waals surface area (Å²) in [5, 5.41) is 2.97. The lowest BCUT2D eigenvalue weighted by atomic mass is 10.0. The van der Waals surface area contributed by atoms with Crippen molar-refractivity contribution in [1.82, 2.24) is 5.32 Å². The van der Waals surface area contributed by atoms with E-state index in [9.17, 15) is 4.79 Å². The standard InChI is InChI=1S/C22H30N2O2/c1-17(2)20-13-8-9-14-21(20)26-18(3)22(25)23-15-10-16-24(4)19-11-6-5-7-12-19/h5-9,11-14,17-18H,10,15-16H2,1-4H3,(H,23,25)/t18-/m1/s1. The van der Waals surface area contributed by atoms with Gasteiger partial charge < -0.3 is 15.0 Å². The first-order chi connectivity index (χ1) is 12.5. The molecule has 1 atom stereocenters. The van der Waals surface area contributed by atoms with Crippen molar-refractivity contribution in [2.24, 2.45) is 0 Å². The number of nitrogens with zero attached hydrogens (tertiary/aromatic N) is 1. The lowest BCUT2D eigenvalue weighted by Gasteiger charge is -2.20. The molecule has 0 aromatic heterocycles. The number of para-hydroxylation sites is 2. The zero-order valence-electron chi connectivity index (χ0n) is 16.2. The monoisotopic (exact) mass is 354 g/mol. The SMILES string of the molecule is CC(C)c1ccccc1O[C@H](C)C(=O)NCCCN(C)c1ccccc1. The molecular formula is C22H30N2O2. The number of nitrogens with one attached hydrogen (secondary N) is 1. The van der Waals surface area contributed by atoms with Gasteiger partial charge in [0.25, 0.3) is 5.91 Å². The van der Waals surface area contributed by atoms with E-state index in [0.29, 0.717) is 12.5 Å². The number of hydrogen-bond acceptors (Lipinski definition) is 3. The quantitative estimate of drug-likeness (QED) is 0.686. The molecule has 0 aliphatic heterocycles. The van der Waals surface area contributed by atoms with Crippen LogP contribution in [-0.2, 0) is 4.79 Å². The predicted octanol–water partition coefficient (Wildman–Crippen LogP) is 4.22. The van der Waals surface area contributed by atoms with Crippen molar-refractivity contribution in [1.29, 1.82) is 0 Å². The molecule has 2 aromatic rings. The Hall–Kier alpha value is -2.49. The minimum atomic E-state index is -0.512. The van der Waals surface area contributed by atoms with Crippen molar-refractivity contribution in [2.45, 2.75) is 39.2 Å². The summed E-state index contributed by atoms with van der Waals surface area (Å²) < 4.78 is 5.89. The molecule has 2 aromatic carbocycles. The van der Waals surface area contributed by atoms with E-state index < -0.39 is 6.10 Å². The van der Waals surface area contributed by atoms with Crippen LogP contribution < -0.4 is 15.0 Å². The Morgan fingerprint density at radius 2 is 1.69 bits per heavy atom. The highest BCUT2D eigenvalue weighted by atomic mass is 16.5. The molecule has 0 aliphatic rings. The van der Waals surface area contributed by atoms with Gasteiger partial charge in [0.2, 0.25) is 0 Å². The van der Waals surface area contributed by atoms with Gasteiger partial charge in [-0.25, -0.2) is 0 Å². The van der Waals surface area contributed by atoms with Gasteiger partial charge in [0.15, 0.2) is 6.10 Å². The van der Waals surface area contributed by atoms with E-state index in [-0.39, 0.29) is 5.91 Å². The maximum atomic E-state index is 12.3. The summed E-state index contributed by atoms with van der Waals surface area (Å²) in [6.07, 6.45) is 0.369. The average Bonchev–Trinajstić information content (AvgIpc) is 2.65. The molecule has 26 heavy (non-hydrogen) atoms. The van der Waals surface area contributed by atoms with Gasteiger partial charge in [-0.1, -0.05) is 50.2 Å². The topological polar surface area (TPSA) is 41.6 Å². The highest BCUT2D eigenvalue weighted by Gasteiger charge is 2.16. The number of hydrogen-bond donors (Lipinski definition) is 1. The van der Waals surface area contributed by atoms with E-state index in [1.807, 2.05) is 42.5 Å². The van der Waals surface area contributed by atoms with Crippen LogP contribution in [0.15, 0.2) is 54.6 Å². The van der Waals surface area contributed by atoms with Gasteiger partial charge in [-0.05, 0) is 43.0 Å². The molecule has 4 heteroatoms. The Kier molecular flexibility index (Phi) is 7.52. The molecular weight excluding hydrogens is 324 g/mol. The second-order valence-corrected chi connectivity index (χ2v) is 6.85. The van der Waals surface area contributed by atoms with Gasteiger partial charge in [-0.15, -0.1) is 0 Å². The summed E-state index contributed by atoms with van der Waals surface area (Å²) in [6.45, 7) is 7.56. The van der Waals surface area contributed by atoms with Crippen LogP contribution in [0.1, 0.15) is 38.7 Å². The molecule has 2 rings (SSSR count). The third kappa shape index (κ3) is 5.80. The summed E-state index contributed by atoms with van der Waals surface area (Å²) in [6, 6.07) is 18.1. The summed E-state index contributed by atoms with van der Waals surface area (Å²) in [5.74, 6) is 1.06. The first-order valence-electron chi connectivity index (χ1n) is 9.28. The van der Waals surface area contributed by atoms with Crippen LogP contribution in [0.25, 0.3) is 0 Å². The van der Waals surface area contributed by atoms with E-state index in [2.05, 4.69) is 43.2 Å². The number of benzene rings is 2. The molecule has 0 heterocycles. The highest BCUT2D eigenvalue weighted by Crippen LogP contribution is 2.26. The van der Waals surface area contributed by atoms with Crippen molar-refractivity contribution in [3.05, 3.63) is 60.2 Å². The van der Waals surface area contributed by atoms with Crippen LogP contribution in [-0.4, -0.2) is 32.1 Å². The zero-order chi connectivity index (χ0) is 18.9. The van der Waals surface area contributed by atoms with Gasteiger partial charge in [-0.2, -0.15) is 0 Å². The van der Waals surface area contributed by atoms with E-state index >= 15 is 0 Å². The fraction of sp³-hybridized carbons (Fsp3) is 0.409. The summed E-state index contributed by atoms with van der Waals surface area (Å²) in [7, 11) is 2.06. The molecule has 0 saturated carbocycles. The third-order valence-electron chi connectivity index (χ3n) is 4.38. The van der Waals surface area contributed by atoms with Crippen molar-refractivity contribution >= 4 is 11.6 Å². The van der Waals surface area contributed by atoms with Crippen molar-refractivity contribution in [3.8, 4) is 5.75 Å². The lowest BCUT2D eigenvalue weighted by Crippen LogP contribution is -2.37. The first kappa shape index (κ1) is 19.8. The minimum absolute atomic E-state index is 0.0778. The second kappa shape index (κ2) is 9.85. The molecule has 4 nitrogen and oxygen atoms in total. The molecule has 0 aliphatic carbocycles. The van der Waals surface area contributed by atoms with E-state index in [1.165, 1.54) is 5.69 Å². The third-order valence-corrected chi connectivity index (χ3v) is 4.38. The Labute approximate surface area is 157 Å². The normalized spacial score (nSPS) is 11.9. The molecule has 0 bridgehead atoms. The van der Waals surface area contributed by atoms with Gasteiger partial charge >= 0.3 is 0 Å². The lowest BCUT2D eigenvalue weighted by molar-refractivity contribution is -0.127. The molecule has 140 valence electrons. The van der Waals surface area contributed by atoms with Gasteiger partial charge in [0, 0.05) is 25.8 Å². The van der Waals surface area contributed by atoms with Crippen LogP contribution in [0.3, 0.4) is 0 Å². The maximum Gasteiger partial charge on any atom is 0.260 e. The number of amides is 1. The highest BCUT2D eigenvalue weighted by molar-refractivity contribution is 5.80. The largest absolute Gasteiger partial charge is 0.481 e. The maximum absolute atomic E-state index is 12.3. The fourth-order valence-corrected chi connectivity index (χ4v) is 2.79. The minimum Gasteiger partial charge on any atom is -0.481 e. The zero-order valence-corrected chi connectivity index (χ0v) is 16.2. The summed E-state index contributed by atoms with van der Waals surface area (Å²) >= 11 is 0.